The average Bonchev–Trinajstić information content (AvgIpc) is 2.66. The van der Waals surface area contributed by atoms with E-state index in [-0.39, 0.29) is 23.3 Å². The quantitative estimate of drug-likeness (QED) is 0.682. The molecule has 2 bridgehead atoms. The van der Waals surface area contributed by atoms with E-state index in [4.69, 9.17) is 46.4 Å². The minimum absolute atomic E-state index is 0.0135. The van der Waals surface area contributed by atoms with Gasteiger partial charge < -0.3 is 9.88 Å². The number of alkyl halides is 3. The van der Waals surface area contributed by atoms with Crippen LogP contribution in [0.2, 0.25) is 5.02 Å². The van der Waals surface area contributed by atoms with E-state index >= 15 is 0 Å². The number of fused-ring (bicyclic) bond motifs is 4. The molecule has 2 aliphatic heterocycles. The van der Waals surface area contributed by atoms with Crippen molar-refractivity contribution in [3.8, 4) is 0 Å². The van der Waals surface area contributed by atoms with Crippen molar-refractivity contribution in [2.24, 2.45) is 5.92 Å². The van der Waals surface area contributed by atoms with Crippen LogP contribution in [0.1, 0.15) is 28.4 Å². The maximum Gasteiger partial charge on any atom is 0.252 e. The van der Waals surface area contributed by atoms with Crippen LogP contribution in [-0.4, -0.2) is 38.4 Å². The summed E-state index contributed by atoms with van der Waals surface area (Å²) in [5, 5.41) is 3.41. The van der Waals surface area contributed by atoms with Crippen molar-refractivity contribution < 1.29 is 4.79 Å². The van der Waals surface area contributed by atoms with Crippen molar-refractivity contribution in [2.45, 2.75) is 28.8 Å². The van der Waals surface area contributed by atoms with Gasteiger partial charge in [0.25, 0.3) is 11.5 Å². The van der Waals surface area contributed by atoms with Gasteiger partial charge in [0.2, 0.25) is 3.79 Å². The molecule has 0 aliphatic carbocycles. The zero-order valence-electron chi connectivity index (χ0n) is 15.3. The fourth-order valence-electron chi connectivity index (χ4n) is 4.33. The molecule has 0 radical (unpaired) electrons. The Morgan fingerprint density at radius 2 is 1.79 bits per heavy atom. The van der Waals surface area contributed by atoms with Crippen LogP contribution in [0.3, 0.4) is 0 Å². The number of rotatable bonds is 3. The zero-order chi connectivity index (χ0) is 20.8. The predicted molar refractivity (Wildman–Crippen MR) is 116 cm³/mol. The Labute approximate surface area is 188 Å². The van der Waals surface area contributed by atoms with Crippen molar-refractivity contribution >= 4 is 52.3 Å². The molecule has 3 atom stereocenters. The van der Waals surface area contributed by atoms with Crippen molar-refractivity contribution in [2.75, 3.05) is 13.1 Å². The molecule has 0 spiro atoms. The third-order valence-corrected chi connectivity index (χ3v) is 6.43. The summed E-state index contributed by atoms with van der Waals surface area (Å²) in [5.41, 5.74) is 1.44. The van der Waals surface area contributed by atoms with E-state index in [0.717, 1.165) is 12.1 Å². The highest BCUT2D eigenvalue weighted by Gasteiger charge is 2.44. The van der Waals surface area contributed by atoms with Gasteiger partial charge in [0.1, 0.15) is 6.17 Å². The minimum Gasteiger partial charge on any atom is -0.332 e. The molecule has 9 heteroatoms. The summed E-state index contributed by atoms with van der Waals surface area (Å²) in [7, 11) is 0. The van der Waals surface area contributed by atoms with Crippen LogP contribution < -0.4 is 10.9 Å². The number of carbonyl (C=O) groups is 1. The summed E-state index contributed by atoms with van der Waals surface area (Å²) in [5.74, 6) is 0.0349. The number of benzene rings is 1. The molecule has 1 aromatic carbocycles. The lowest BCUT2D eigenvalue weighted by Crippen LogP contribution is -2.60. The van der Waals surface area contributed by atoms with Gasteiger partial charge >= 0.3 is 0 Å². The van der Waals surface area contributed by atoms with Crippen LogP contribution in [0, 0.1) is 5.92 Å². The molecule has 3 heterocycles. The van der Waals surface area contributed by atoms with Crippen molar-refractivity contribution in [3.63, 3.8) is 0 Å². The first-order chi connectivity index (χ1) is 13.7. The molecule has 0 saturated carbocycles. The lowest BCUT2D eigenvalue weighted by atomic mass is 9.83. The number of hydrogen-bond donors (Lipinski definition) is 1. The topological polar surface area (TPSA) is 54.3 Å². The Hall–Kier alpha value is -1.24. The molecule has 1 saturated heterocycles. The van der Waals surface area contributed by atoms with Gasteiger partial charge in [-0.1, -0.05) is 52.5 Å². The third-order valence-electron chi connectivity index (χ3n) is 5.56. The Balaban J connectivity index is 1.58. The monoisotopic (exact) mass is 473 g/mol. The van der Waals surface area contributed by atoms with Gasteiger partial charge in [0.15, 0.2) is 0 Å². The molecule has 29 heavy (non-hydrogen) atoms. The zero-order valence-corrected chi connectivity index (χ0v) is 18.3. The number of nitrogens with zero attached hydrogens (tertiary/aromatic N) is 2. The molecular weight excluding hydrogens is 456 g/mol. The summed E-state index contributed by atoms with van der Waals surface area (Å²) in [6.45, 7) is 1.83. The second-order valence-corrected chi connectivity index (χ2v) is 10.4. The van der Waals surface area contributed by atoms with Crippen LogP contribution in [0.4, 0.5) is 0 Å². The molecule has 1 N–H and O–H groups in total. The first-order valence-electron chi connectivity index (χ1n) is 9.29. The molecular formula is C20H19Cl4N3O2. The van der Waals surface area contributed by atoms with Gasteiger partial charge in [0.05, 0.1) is 0 Å². The van der Waals surface area contributed by atoms with E-state index in [1.54, 1.807) is 36.4 Å². The van der Waals surface area contributed by atoms with Crippen LogP contribution in [0.25, 0.3) is 0 Å². The normalized spacial score (nSPS) is 22.6. The lowest BCUT2D eigenvalue weighted by Gasteiger charge is -2.47. The second-order valence-electron chi connectivity index (χ2n) is 7.58. The number of amides is 1. The molecule has 154 valence electrons. The highest BCUT2D eigenvalue weighted by molar-refractivity contribution is 6.68. The maximum atomic E-state index is 12.7. The Bertz CT molecular complexity index is 971. The standard InChI is InChI=1S/C20H19Cl4N3O2/c21-15-6-4-13(5-7-15)18(29)25-19(20(22,23)24)26-9-12-8-14(11-26)16-2-1-3-17(28)27(16)10-12/h1-7,12,14,19H,8-11H2,(H,25,29)/t12?,14-,19?/m0/s1. The van der Waals surface area contributed by atoms with Gasteiger partial charge in [-0.15, -0.1) is 0 Å². The highest BCUT2D eigenvalue weighted by Crippen LogP contribution is 2.40. The summed E-state index contributed by atoms with van der Waals surface area (Å²) in [4.78, 5) is 27.0. The number of halogens is 4. The predicted octanol–water partition coefficient (Wildman–Crippen LogP) is 4.05. The van der Waals surface area contributed by atoms with Gasteiger partial charge in [-0.25, -0.2) is 0 Å². The maximum absolute atomic E-state index is 12.7. The SMILES string of the molecule is O=C(NC(N1CC2C[C@@H](C1)c1cccc(=O)n1C2)C(Cl)(Cl)Cl)c1ccc(Cl)cc1. The number of hydrogen-bond acceptors (Lipinski definition) is 3. The molecule has 1 fully saturated rings. The van der Waals surface area contributed by atoms with Crippen molar-refractivity contribution in [3.05, 3.63) is 69.1 Å². The van der Waals surface area contributed by atoms with Gasteiger partial charge in [-0.05, 0) is 42.7 Å². The lowest BCUT2D eigenvalue weighted by molar-refractivity contribution is 0.0586. The second kappa shape index (κ2) is 8.12. The number of piperidine rings is 1. The number of aromatic nitrogens is 1. The number of pyridine rings is 1. The Morgan fingerprint density at radius 1 is 1.07 bits per heavy atom. The average molecular weight is 475 g/mol. The Morgan fingerprint density at radius 3 is 2.48 bits per heavy atom. The van der Waals surface area contributed by atoms with Crippen LogP contribution in [0.5, 0.6) is 0 Å². The molecule has 4 rings (SSSR count). The molecule has 2 unspecified atom stereocenters. The number of carbonyl (C=O) groups excluding carboxylic acids is 1. The van der Waals surface area contributed by atoms with Gasteiger partial charge in [0, 0.05) is 47.9 Å². The van der Waals surface area contributed by atoms with Crippen LogP contribution in [-0.2, 0) is 6.54 Å². The molecule has 2 aliphatic rings. The highest BCUT2D eigenvalue weighted by atomic mass is 35.6. The molecule has 1 aromatic heterocycles. The molecule has 2 aromatic rings. The summed E-state index contributed by atoms with van der Waals surface area (Å²) in [6, 6.07) is 11.9. The Kier molecular flexibility index (Phi) is 5.88. The van der Waals surface area contributed by atoms with E-state index in [1.807, 2.05) is 15.5 Å². The fourth-order valence-corrected chi connectivity index (χ4v) is 5.04. The van der Waals surface area contributed by atoms with Crippen molar-refractivity contribution in [1.82, 2.24) is 14.8 Å². The van der Waals surface area contributed by atoms with Crippen molar-refractivity contribution in [1.29, 1.82) is 0 Å². The summed E-state index contributed by atoms with van der Waals surface area (Å²) >= 11 is 24.7. The van der Waals surface area contributed by atoms with E-state index < -0.39 is 9.96 Å². The summed E-state index contributed by atoms with van der Waals surface area (Å²) in [6.07, 6.45) is 0.167. The van der Waals surface area contributed by atoms with Gasteiger partial charge in [-0.3, -0.25) is 14.5 Å². The van der Waals surface area contributed by atoms with E-state index in [9.17, 15) is 9.59 Å². The number of nitrogens with one attached hydrogen (secondary N) is 1. The third kappa shape index (κ3) is 4.44. The first kappa shape index (κ1) is 21.0. The minimum atomic E-state index is -1.72. The van der Waals surface area contributed by atoms with Crippen LogP contribution >= 0.6 is 46.4 Å². The van der Waals surface area contributed by atoms with E-state index in [2.05, 4.69) is 5.32 Å². The molecule has 1 amide bonds. The first-order valence-corrected chi connectivity index (χ1v) is 10.8. The molecule has 5 nitrogen and oxygen atoms in total. The smallest absolute Gasteiger partial charge is 0.252 e. The van der Waals surface area contributed by atoms with E-state index in [1.165, 1.54) is 0 Å². The fraction of sp³-hybridized carbons (Fsp3) is 0.400. The number of likely N-dealkylation sites (tertiary alicyclic amines) is 1. The largest absolute Gasteiger partial charge is 0.332 e. The summed E-state index contributed by atoms with van der Waals surface area (Å²) < 4.78 is 0.122. The van der Waals surface area contributed by atoms with Gasteiger partial charge in [-0.2, -0.15) is 0 Å². The van der Waals surface area contributed by atoms with E-state index in [0.29, 0.717) is 30.2 Å². The van der Waals surface area contributed by atoms with Crippen LogP contribution in [0.15, 0.2) is 47.3 Å².